The maximum atomic E-state index is 11.6. The van der Waals surface area contributed by atoms with Gasteiger partial charge in [0.05, 0.1) is 13.2 Å². The van der Waals surface area contributed by atoms with E-state index in [1.165, 1.54) is 6.92 Å². The number of amides is 2. The lowest BCUT2D eigenvalue weighted by molar-refractivity contribution is -0.122. The van der Waals surface area contributed by atoms with Gasteiger partial charge in [0, 0.05) is 24.6 Å². The van der Waals surface area contributed by atoms with Gasteiger partial charge in [-0.1, -0.05) is 11.8 Å². The highest BCUT2D eigenvalue weighted by Crippen LogP contribution is 2.15. The minimum atomic E-state index is -0.276. The number of nitrogens with one attached hydrogen (secondary N) is 2. The maximum Gasteiger partial charge on any atom is 0.243 e. The first-order valence-corrected chi connectivity index (χ1v) is 6.27. The third-order valence-corrected chi connectivity index (χ3v) is 2.47. The molecule has 0 radical (unpaired) electrons. The van der Waals surface area contributed by atoms with Crippen LogP contribution in [0.5, 0.6) is 0 Å². The highest BCUT2D eigenvalue weighted by molar-refractivity contribution is 5.94. The fourth-order valence-electron chi connectivity index (χ4n) is 1.50. The van der Waals surface area contributed by atoms with Crippen LogP contribution in [0.3, 0.4) is 0 Å². The third kappa shape index (κ3) is 5.55. The van der Waals surface area contributed by atoms with Crippen molar-refractivity contribution < 1.29 is 14.7 Å². The number of hydrogen-bond donors (Lipinski definition) is 3. The molecule has 0 fully saturated rings. The fraction of sp³-hybridized carbons (Fsp3) is 0.333. The molecule has 0 heterocycles. The predicted molar refractivity (Wildman–Crippen MR) is 77.1 cm³/mol. The van der Waals surface area contributed by atoms with E-state index >= 15 is 0 Å². The molecule has 0 aromatic heterocycles. The quantitative estimate of drug-likeness (QED) is 0.711. The number of aryl methyl sites for hydroxylation is 1. The summed E-state index contributed by atoms with van der Waals surface area (Å²) < 4.78 is 0. The SMILES string of the molecule is CC(=O)NCC(=O)Nc1ccc(C#CCCO)cc1C. The lowest BCUT2D eigenvalue weighted by atomic mass is 10.1. The average Bonchev–Trinajstić information content (AvgIpc) is 2.40. The monoisotopic (exact) mass is 274 g/mol. The van der Waals surface area contributed by atoms with Crippen molar-refractivity contribution in [3.05, 3.63) is 29.3 Å². The van der Waals surface area contributed by atoms with Crippen LogP contribution in [0.2, 0.25) is 0 Å². The van der Waals surface area contributed by atoms with Crippen molar-refractivity contribution in [3.63, 3.8) is 0 Å². The van der Waals surface area contributed by atoms with E-state index in [1.807, 2.05) is 13.0 Å². The first-order chi connectivity index (χ1) is 9.52. The van der Waals surface area contributed by atoms with Crippen LogP contribution in [0, 0.1) is 18.8 Å². The standard InChI is InChI=1S/C15H18N2O3/c1-11-9-13(5-3-4-8-18)6-7-14(11)17-15(20)10-16-12(2)19/h6-7,9,18H,4,8,10H2,1-2H3,(H,16,19)(H,17,20). The molecule has 106 valence electrons. The van der Waals surface area contributed by atoms with Crippen LogP contribution < -0.4 is 10.6 Å². The summed E-state index contributed by atoms with van der Waals surface area (Å²) in [6.45, 7) is 3.22. The lowest BCUT2D eigenvalue weighted by Gasteiger charge is -2.09. The topological polar surface area (TPSA) is 78.4 Å². The maximum absolute atomic E-state index is 11.6. The summed E-state index contributed by atoms with van der Waals surface area (Å²) in [7, 11) is 0. The lowest BCUT2D eigenvalue weighted by Crippen LogP contribution is -2.31. The molecule has 5 nitrogen and oxygen atoms in total. The van der Waals surface area contributed by atoms with Crippen molar-refractivity contribution in [2.24, 2.45) is 0 Å². The Morgan fingerprint density at radius 3 is 2.70 bits per heavy atom. The average molecular weight is 274 g/mol. The second-order valence-electron chi connectivity index (χ2n) is 4.26. The molecule has 5 heteroatoms. The summed E-state index contributed by atoms with van der Waals surface area (Å²) in [4.78, 5) is 22.3. The van der Waals surface area contributed by atoms with Gasteiger partial charge >= 0.3 is 0 Å². The van der Waals surface area contributed by atoms with Crippen molar-refractivity contribution in [2.75, 3.05) is 18.5 Å². The minimum Gasteiger partial charge on any atom is -0.395 e. The molecule has 0 atom stereocenters. The van der Waals surface area contributed by atoms with Crippen molar-refractivity contribution in [1.29, 1.82) is 0 Å². The highest BCUT2D eigenvalue weighted by Gasteiger charge is 2.05. The second-order valence-corrected chi connectivity index (χ2v) is 4.26. The van der Waals surface area contributed by atoms with Gasteiger partial charge in [0.1, 0.15) is 0 Å². The molecule has 2 amide bonds. The second kappa shape index (κ2) is 7.97. The Kier molecular flexibility index (Phi) is 6.27. The van der Waals surface area contributed by atoms with Gasteiger partial charge in [-0.3, -0.25) is 9.59 Å². The van der Waals surface area contributed by atoms with E-state index < -0.39 is 0 Å². The summed E-state index contributed by atoms with van der Waals surface area (Å²) in [6, 6.07) is 5.42. The number of hydrogen-bond acceptors (Lipinski definition) is 3. The molecule has 1 aromatic carbocycles. The Balaban J connectivity index is 2.67. The Bertz CT molecular complexity index is 556. The minimum absolute atomic E-state index is 0.0449. The number of aliphatic hydroxyl groups is 1. The molecule has 0 saturated carbocycles. The molecule has 0 saturated heterocycles. The van der Waals surface area contributed by atoms with Gasteiger partial charge in [0.25, 0.3) is 0 Å². The molecule has 1 rings (SSSR count). The van der Waals surface area contributed by atoms with E-state index in [-0.39, 0.29) is 25.0 Å². The van der Waals surface area contributed by atoms with Crippen LogP contribution in [-0.2, 0) is 9.59 Å². The zero-order chi connectivity index (χ0) is 15.0. The van der Waals surface area contributed by atoms with Crippen LogP contribution in [0.4, 0.5) is 5.69 Å². The van der Waals surface area contributed by atoms with Gasteiger partial charge in [0.15, 0.2) is 0 Å². The molecular formula is C15H18N2O3. The summed E-state index contributed by atoms with van der Waals surface area (Å²) in [6.07, 6.45) is 0.439. The van der Waals surface area contributed by atoms with Crippen LogP contribution in [0.1, 0.15) is 24.5 Å². The van der Waals surface area contributed by atoms with E-state index in [4.69, 9.17) is 5.11 Å². The van der Waals surface area contributed by atoms with Gasteiger partial charge < -0.3 is 15.7 Å². The van der Waals surface area contributed by atoms with Crippen LogP contribution >= 0.6 is 0 Å². The zero-order valence-electron chi connectivity index (χ0n) is 11.6. The van der Waals surface area contributed by atoms with Gasteiger partial charge in [0.2, 0.25) is 11.8 Å². The molecule has 0 spiro atoms. The molecule has 0 unspecified atom stereocenters. The van der Waals surface area contributed by atoms with Gasteiger partial charge in [-0.2, -0.15) is 0 Å². The molecule has 0 aliphatic carbocycles. The van der Waals surface area contributed by atoms with Crippen LogP contribution in [-0.4, -0.2) is 30.1 Å². The van der Waals surface area contributed by atoms with Gasteiger partial charge in [-0.15, -0.1) is 0 Å². The normalized spacial score (nSPS) is 9.35. The van der Waals surface area contributed by atoms with E-state index in [9.17, 15) is 9.59 Å². The number of anilines is 1. The van der Waals surface area contributed by atoms with Crippen LogP contribution in [0.15, 0.2) is 18.2 Å². The van der Waals surface area contributed by atoms with Crippen molar-refractivity contribution in [3.8, 4) is 11.8 Å². The summed E-state index contributed by atoms with van der Waals surface area (Å²) >= 11 is 0. The Labute approximate surface area is 118 Å². The molecule has 3 N–H and O–H groups in total. The summed E-state index contributed by atoms with van der Waals surface area (Å²) in [5, 5.41) is 13.8. The number of carbonyl (C=O) groups is 2. The van der Waals surface area contributed by atoms with Gasteiger partial charge in [-0.05, 0) is 30.7 Å². The molecule has 0 aliphatic heterocycles. The van der Waals surface area contributed by atoms with E-state index in [1.54, 1.807) is 12.1 Å². The molecule has 20 heavy (non-hydrogen) atoms. The number of carbonyl (C=O) groups excluding carboxylic acids is 2. The molecule has 1 aromatic rings. The van der Waals surface area contributed by atoms with E-state index in [2.05, 4.69) is 22.5 Å². The first kappa shape index (κ1) is 15.7. The summed E-state index contributed by atoms with van der Waals surface area (Å²) in [5.41, 5.74) is 2.40. The molecule has 0 bridgehead atoms. The Morgan fingerprint density at radius 1 is 1.35 bits per heavy atom. The van der Waals surface area contributed by atoms with Gasteiger partial charge in [-0.25, -0.2) is 0 Å². The third-order valence-electron chi connectivity index (χ3n) is 2.47. The Morgan fingerprint density at radius 2 is 2.10 bits per heavy atom. The number of benzene rings is 1. The Hall–Kier alpha value is -2.32. The highest BCUT2D eigenvalue weighted by atomic mass is 16.2. The molecule has 0 aliphatic rings. The predicted octanol–water partition coefficient (Wildman–Crippen LogP) is 0.804. The van der Waals surface area contributed by atoms with Crippen molar-refractivity contribution in [1.82, 2.24) is 5.32 Å². The molecular weight excluding hydrogens is 256 g/mol. The van der Waals surface area contributed by atoms with Crippen molar-refractivity contribution in [2.45, 2.75) is 20.3 Å². The van der Waals surface area contributed by atoms with E-state index in [0.717, 1.165) is 11.1 Å². The smallest absolute Gasteiger partial charge is 0.243 e. The largest absolute Gasteiger partial charge is 0.395 e. The van der Waals surface area contributed by atoms with Crippen molar-refractivity contribution >= 4 is 17.5 Å². The summed E-state index contributed by atoms with van der Waals surface area (Å²) in [5.74, 6) is 5.24. The van der Waals surface area contributed by atoms with E-state index in [0.29, 0.717) is 12.1 Å². The van der Waals surface area contributed by atoms with Crippen LogP contribution in [0.25, 0.3) is 0 Å². The fourth-order valence-corrected chi connectivity index (χ4v) is 1.50. The number of aliphatic hydroxyl groups excluding tert-OH is 1. The number of rotatable bonds is 4. The first-order valence-electron chi connectivity index (χ1n) is 6.27. The zero-order valence-corrected chi connectivity index (χ0v) is 11.6.